The number of benzene rings is 3. The summed E-state index contributed by atoms with van der Waals surface area (Å²) in [7, 11) is 0. The van der Waals surface area contributed by atoms with Crippen molar-refractivity contribution in [2.75, 3.05) is 4.90 Å². The lowest BCUT2D eigenvalue weighted by Crippen LogP contribution is -2.51. The summed E-state index contributed by atoms with van der Waals surface area (Å²) in [5, 5.41) is 0. The third kappa shape index (κ3) is 2.59. The van der Waals surface area contributed by atoms with E-state index >= 15 is 0 Å². The smallest absolute Gasteiger partial charge is 0.241 e. The van der Waals surface area contributed by atoms with Crippen LogP contribution < -0.4 is 4.90 Å². The summed E-state index contributed by atoms with van der Waals surface area (Å²) in [5.41, 5.74) is 0.344. The van der Waals surface area contributed by atoms with Gasteiger partial charge in [0.2, 0.25) is 29.0 Å². The van der Waals surface area contributed by atoms with Crippen molar-refractivity contribution in [2.45, 2.75) is 18.6 Å². The molecule has 7 heteroatoms. The average molecular weight is 516 g/mol. The van der Waals surface area contributed by atoms with Crippen LogP contribution in [0.1, 0.15) is 37.9 Å². The zero-order valence-electron chi connectivity index (χ0n) is 18.0. The first-order chi connectivity index (χ1) is 16.4. The highest BCUT2D eigenvalue weighted by atomic mass is 79.9. The maximum Gasteiger partial charge on any atom is 0.241 e. The number of hydrogen-bond donors (Lipinski definition) is 0. The highest BCUT2D eigenvalue weighted by Gasteiger charge is 2.74. The van der Waals surface area contributed by atoms with Crippen LogP contribution in [-0.4, -0.2) is 29.0 Å². The molecule has 0 unspecified atom stereocenters. The Hall–Kier alpha value is -3.42. The summed E-state index contributed by atoms with van der Waals surface area (Å²) in [4.78, 5) is 56.3. The summed E-state index contributed by atoms with van der Waals surface area (Å²) >= 11 is 3.46. The van der Waals surface area contributed by atoms with Crippen molar-refractivity contribution in [1.82, 2.24) is 0 Å². The summed E-state index contributed by atoms with van der Waals surface area (Å²) in [6.07, 6.45) is -0.918. The molecule has 3 aromatic carbocycles. The first-order valence-electron chi connectivity index (χ1n) is 10.9. The number of imide groups is 1. The number of halogens is 1. The number of ether oxygens (including phenoxy) is 1. The maximum atomic E-state index is 13.9. The van der Waals surface area contributed by atoms with Gasteiger partial charge in [-0.05, 0) is 46.1 Å². The number of Topliss-reactive ketones (excluding diaryl/α,β-unsaturated/α-hetero) is 2. The van der Waals surface area contributed by atoms with Crippen LogP contribution >= 0.6 is 15.9 Å². The summed E-state index contributed by atoms with van der Waals surface area (Å²) in [6.45, 7) is 1.90. The highest BCUT2D eigenvalue weighted by Crippen LogP contribution is 2.58. The van der Waals surface area contributed by atoms with Gasteiger partial charge >= 0.3 is 0 Å². The second-order valence-electron chi connectivity index (χ2n) is 8.86. The second-order valence-corrected chi connectivity index (χ2v) is 9.71. The number of amides is 2. The molecule has 3 atom stereocenters. The van der Waals surface area contributed by atoms with Gasteiger partial charge in [-0.1, -0.05) is 60.7 Å². The Bertz CT molecular complexity index is 1380. The van der Waals surface area contributed by atoms with Crippen LogP contribution in [-0.2, 0) is 14.3 Å². The topological polar surface area (TPSA) is 80.8 Å². The Morgan fingerprint density at radius 2 is 1.44 bits per heavy atom. The minimum absolute atomic E-state index is 0.218. The zero-order chi connectivity index (χ0) is 23.8. The third-order valence-electron chi connectivity index (χ3n) is 6.99. The molecule has 3 aliphatic rings. The monoisotopic (exact) mass is 515 g/mol. The Balaban J connectivity index is 1.56. The molecule has 34 heavy (non-hydrogen) atoms. The molecule has 0 bridgehead atoms. The van der Waals surface area contributed by atoms with Crippen LogP contribution in [0.2, 0.25) is 0 Å². The van der Waals surface area contributed by atoms with E-state index in [0.717, 1.165) is 10.5 Å². The third-order valence-corrected chi connectivity index (χ3v) is 7.63. The largest absolute Gasteiger partial charge is 0.349 e. The van der Waals surface area contributed by atoms with E-state index in [2.05, 4.69) is 15.9 Å². The molecule has 168 valence electrons. The van der Waals surface area contributed by atoms with Gasteiger partial charge in [-0.3, -0.25) is 19.2 Å². The van der Waals surface area contributed by atoms with E-state index in [9.17, 15) is 19.2 Å². The summed E-state index contributed by atoms with van der Waals surface area (Å²) < 4.78 is 6.84. The first-order valence-corrected chi connectivity index (χ1v) is 11.7. The maximum absolute atomic E-state index is 13.9. The first kappa shape index (κ1) is 21.1. The van der Waals surface area contributed by atoms with Gasteiger partial charge in [-0.2, -0.15) is 0 Å². The minimum atomic E-state index is -2.06. The molecule has 2 amide bonds. The highest BCUT2D eigenvalue weighted by molar-refractivity contribution is 9.10. The van der Waals surface area contributed by atoms with Crippen LogP contribution in [0.3, 0.4) is 0 Å². The lowest BCUT2D eigenvalue weighted by molar-refractivity contribution is -0.127. The minimum Gasteiger partial charge on any atom is -0.349 e. The van der Waals surface area contributed by atoms with Crippen molar-refractivity contribution in [1.29, 1.82) is 0 Å². The second kappa shape index (κ2) is 7.29. The molecular formula is C27H18BrNO5. The summed E-state index contributed by atoms with van der Waals surface area (Å²) in [5.74, 6) is -4.48. The molecule has 6 nitrogen and oxygen atoms in total. The van der Waals surface area contributed by atoms with Crippen molar-refractivity contribution < 1.29 is 23.9 Å². The fourth-order valence-electron chi connectivity index (χ4n) is 5.49. The molecule has 2 heterocycles. The Morgan fingerprint density at radius 3 is 2.06 bits per heavy atom. The van der Waals surface area contributed by atoms with E-state index in [1.807, 2.05) is 19.1 Å². The van der Waals surface area contributed by atoms with Crippen LogP contribution in [0.5, 0.6) is 0 Å². The number of fused-ring (bicyclic) bond motifs is 3. The molecule has 0 radical (unpaired) electrons. The predicted molar refractivity (Wildman–Crippen MR) is 126 cm³/mol. The number of anilines is 1. The van der Waals surface area contributed by atoms with E-state index in [-0.39, 0.29) is 11.1 Å². The predicted octanol–water partition coefficient (Wildman–Crippen LogP) is 4.45. The molecule has 3 aromatic rings. The van der Waals surface area contributed by atoms with Gasteiger partial charge in [0, 0.05) is 15.6 Å². The average Bonchev–Trinajstić information content (AvgIpc) is 3.40. The van der Waals surface area contributed by atoms with E-state index in [4.69, 9.17) is 4.74 Å². The SMILES string of the molecule is Cc1ccc(N2C(=O)[C@@H]3[C@@H](c4ccccc4)OC4(C(=O)c5ccccc5C4=O)[C@@H]3C2=O)c(Br)c1. The van der Waals surface area contributed by atoms with E-state index in [0.29, 0.717) is 15.7 Å². The number of hydrogen-bond acceptors (Lipinski definition) is 5. The van der Waals surface area contributed by atoms with Gasteiger partial charge in [0.1, 0.15) is 0 Å². The van der Waals surface area contributed by atoms with E-state index < -0.39 is 46.9 Å². The van der Waals surface area contributed by atoms with Crippen LogP contribution in [0.15, 0.2) is 77.3 Å². The Kier molecular flexibility index (Phi) is 4.53. The molecular weight excluding hydrogens is 498 g/mol. The molecule has 0 saturated carbocycles. The van der Waals surface area contributed by atoms with Crippen LogP contribution in [0.25, 0.3) is 0 Å². The van der Waals surface area contributed by atoms with Crippen molar-refractivity contribution >= 4 is 45.0 Å². The molecule has 2 aliphatic heterocycles. The fourth-order valence-corrected chi connectivity index (χ4v) is 6.16. The van der Waals surface area contributed by atoms with Crippen molar-refractivity contribution in [3.63, 3.8) is 0 Å². The van der Waals surface area contributed by atoms with Crippen molar-refractivity contribution in [2.24, 2.45) is 11.8 Å². The number of carbonyl (C=O) groups excluding carboxylic acids is 4. The molecule has 6 rings (SSSR count). The number of rotatable bonds is 2. The van der Waals surface area contributed by atoms with Gasteiger partial charge in [0.05, 0.1) is 23.6 Å². The van der Waals surface area contributed by atoms with Crippen LogP contribution in [0, 0.1) is 18.8 Å². The molecule has 1 spiro atoms. The van der Waals surface area contributed by atoms with E-state index in [1.165, 1.54) is 0 Å². The number of ketones is 2. The zero-order valence-corrected chi connectivity index (χ0v) is 19.6. The van der Waals surface area contributed by atoms with Crippen LogP contribution in [0.4, 0.5) is 5.69 Å². The lowest BCUT2D eigenvalue weighted by Gasteiger charge is -2.27. The Morgan fingerprint density at radius 1 is 0.824 bits per heavy atom. The quantitative estimate of drug-likeness (QED) is 0.372. The molecule has 0 N–H and O–H groups in total. The molecule has 2 saturated heterocycles. The number of nitrogens with zero attached hydrogens (tertiary/aromatic N) is 1. The normalized spacial score (nSPS) is 24.8. The Labute approximate surface area is 203 Å². The molecule has 2 fully saturated rings. The lowest BCUT2D eigenvalue weighted by atomic mass is 9.77. The number of aryl methyl sites for hydroxylation is 1. The van der Waals surface area contributed by atoms with Crippen molar-refractivity contribution in [3.05, 3.63) is 99.5 Å². The van der Waals surface area contributed by atoms with Gasteiger partial charge < -0.3 is 4.74 Å². The van der Waals surface area contributed by atoms with Gasteiger partial charge in [0.15, 0.2) is 0 Å². The molecule has 1 aliphatic carbocycles. The van der Waals surface area contributed by atoms with Gasteiger partial charge in [0.25, 0.3) is 0 Å². The van der Waals surface area contributed by atoms with Gasteiger partial charge in [-0.15, -0.1) is 0 Å². The standard InChI is InChI=1S/C27H18BrNO5/c1-14-11-12-19(18(28)13-14)29-25(32)20-21(26(29)33)27(34-22(20)15-7-3-2-4-8-15)23(30)16-9-5-6-10-17(16)24(27)31/h2-13,20-22H,1H3/t20-,21-,22+/m0/s1. The van der Waals surface area contributed by atoms with Gasteiger partial charge in [-0.25, -0.2) is 4.90 Å². The fraction of sp³-hybridized carbons (Fsp3) is 0.185. The summed E-state index contributed by atoms with van der Waals surface area (Å²) in [6, 6.07) is 20.7. The van der Waals surface area contributed by atoms with Crippen molar-refractivity contribution in [3.8, 4) is 0 Å². The number of carbonyl (C=O) groups is 4. The van der Waals surface area contributed by atoms with E-state index in [1.54, 1.807) is 60.7 Å². The molecule has 0 aromatic heterocycles.